The van der Waals surface area contributed by atoms with E-state index in [1.807, 2.05) is 14.1 Å². The number of benzene rings is 1. The highest BCUT2D eigenvalue weighted by Crippen LogP contribution is 2.38. The van der Waals surface area contributed by atoms with E-state index in [2.05, 4.69) is 29.2 Å². The molecular weight excluding hydrogens is 250 g/mol. The molecule has 0 aliphatic heterocycles. The lowest BCUT2D eigenvalue weighted by Gasteiger charge is -2.25. The average molecular weight is 275 g/mol. The van der Waals surface area contributed by atoms with Crippen LogP contribution in [0.3, 0.4) is 0 Å². The van der Waals surface area contributed by atoms with Crippen molar-refractivity contribution in [2.24, 2.45) is 5.92 Å². The van der Waals surface area contributed by atoms with E-state index >= 15 is 0 Å². The molecule has 2 atom stereocenters. The summed E-state index contributed by atoms with van der Waals surface area (Å²) in [5.41, 5.74) is 2.50. The molecule has 1 aromatic carbocycles. The highest BCUT2D eigenvalue weighted by atomic mass is 16.4. The quantitative estimate of drug-likeness (QED) is 0.847. The van der Waals surface area contributed by atoms with Gasteiger partial charge >= 0.3 is 5.97 Å². The molecule has 0 radical (unpaired) electrons. The van der Waals surface area contributed by atoms with Crippen LogP contribution in [0.5, 0.6) is 0 Å². The third-order valence-electron chi connectivity index (χ3n) is 4.43. The Bertz CT molecular complexity index is 439. The Hall–Kier alpha value is -1.51. The molecule has 0 heterocycles. The Balaban J connectivity index is 2.18. The number of aliphatic carboxylic acids is 1. The molecule has 1 fully saturated rings. The first-order valence-corrected chi connectivity index (χ1v) is 7.57. The third-order valence-corrected chi connectivity index (χ3v) is 4.43. The van der Waals surface area contributed by atoms with Crippen molar-refractivity contribution in [1.29, 1.82) is 0 Å². The lowest BCUT2D eigenvalue weighted by Crippen LogP contribution is -2.16. The van der Waals surface area contributed by atoms with Gasteiger partial charge in [0.1, 0.15) is 0 Å². The zero-order valence-corrected chi connectivity index (χ0v) is 12.5. The van der Waals surface area contributed by atoms with Gasteiger partial charge in [-0.25, -0.2) is 0 Å². The van der Waals surface area contributed by atoms with Gasteiger partial charge in [-0.05, 0) is 42.4 Å². The van der Waals surface area contributed by atoms with Gasteiger partial charge in [0.05, 0.1) is 0 Å². The minimum Gasteiger partial charge on any atom is -0.481 e. The number of hydrogen-bond donors (Lipinski definition) is 1. The van der Waals surface area contributed by atoms with Crippen LogP contribution in [0.15, 0.2) is 24.3 Å². The topological polar surface area (TPSA) is 40.5 Å². The van der Waals surface area contributed by atoms with Gasteiger partial charge in [-0.2, -0.15) is 0 Å². The minimum atomic E-state index is -0.660. The molecule has 3 heteroatoms. The van der Waals surface area contributed by atoms with Crippen molar-refractivity contribution in [1.82, 2.24) is 0 Å². The molecule has 1 saturated carbocycles. The van der Waals surface area contributed by atoms with Crippen LogP contribution in [0.1, 0.15) is 50.0 Å². The summed E-state index contributed by atoms with van der Waals surface area (Å²) in [5.74, 6) is 0.0387. The Morgan fingerprint density at radius 3 is 2.40 bits per heavy atom. The summed E-state index contributed by atoms with van der Waals surface area (Å²) in [5, 5.41) is 9.13. The molecular formula is C17H25NO2. The van der Waals surface area contributed by atoms with Gasteiger partial charge in [-0.3, -0.25) is 4.79 Å². The Labute approximate surface area is 121 Å². The van der Waals surface area contributed by atoms with Crippen molar-refractivity contribution in [3.63, 3.8) is 0 Å². The molecule has 1 aromatic rings. The summed E-state index contributed by atoms with van der Waals surface area (Å²) >= 11 is 0. The number of hydrogen-bond acceptors (Lipinski definition) is 2. The van der Waals surface area contributed by atoms with Crippen LogP contribution < -0.4 is 4.90 Å². The summed E-state index contributed by atoms with van der Waals surface area (Å²) < 4.78 is 0. The Kier molecular flexibility index (Phi) is 5.05. The second-order valence-electron chi connectivity index (χ2n) is 6.09. The molecule has 0 spiro atoms. The first-order chi connectivity index (χ1) is 9.58. The highest BCUT2D eigenvalue weighted by molar-refractivity contribution is 5.67. The molecule has 0 amide bonds. The van der Waals surface area contributed by atoms with Crippen molar-refractivity contribution in [2.45, 2.75) is 44.4 Å². The fourth-order valence-corrected chi connectivity index (χ4v) is 3.31. The van der Waals surface area contributed by atoms with Crippen LogP contribution in [0, 0.1) is 5.92 Å². The largest absolute Gasteiger partial charge is 0.481 e. The first-order valence-electron chi connectivity index (χ1n) is 7.57. The standard InChI is InChI=1S/C17H25NO2/c1-18(2)15-10-8-13(9-11-15)16-7-5-3-4-6-14(16)12-17(19)20/h8-11,14,16H,3-7,12H2,1-2H3,(H,19,20). The monoisotopic (exact) mass is 275 g/mol. The van der Waals surface area contributed by atoms with Crippen LogP contribution in [0.4, 0.5) is 5.69 Å². The van der Waals surface area contributed by atoms with Gasteiger partial charge < -0.3 is 10.0 Å². The van der Waals surface area contributed by atoms with Crippen molar-refractivity contribution in [3.8, 4) is 0 Å². The van der Waals surface area contributed by atoms with E-state index in [0.717, 1.165) is 12.8 Å². The van der Waals surface area contributed by atoms with Gasteiger partial charge in [0.25, 0.3) is 0 Å². The smallest absolute Gasteiger partial charge is 0.303 e. The van der Waals surface area contributed by atoms with E-state index in [4.69, 9.17) is 5.11 Å². The van der Waals surface area contributed by atoms with Crippen LogP contribution in [-0.2, 0) is 4.79 Å². The fraction of sp³-hybridized carbons (Fsp3) is 0.588. The highest BCUT2D eigenvalue weighted by Gasteiger charge is 2.27. The zero-order valence-electron chi connectivity index (χ0n) is 12.5. The van der Waals surface area contributed by atoms with Crippen LogP contribution in [-0.4, -0.2) is 25.2 Å². The number of nitrogens with zero attached hydrogens (tertiary/aromatic N) is 1. The van der Waals surface area contributed by atoms with Gasteiger partial charge in [-0.15, -0.1) is 0 Å². The number of rotatable bonds is 4. The molecule has 3 nitrogen and oxygen atoms in total. The Morgan fingerprint density at radius 2 is 1.80 bits per heavy atom. The summed E-state index contributed by atoms with van der Waals surface area (Å²) in [6.07, 6.45) is 6.11. The SMILES string of the molecule is CN(C)c1ccc(C2CCCCCC2CC(=O)O)cc1. The maximum absolute atomic E-state index is 11.1. The van der Waals surface area contributed by atoms with E-state index in [1.54, 1.807) is 0 Å². The number of carboxylic acids is 1. The molecule has 1 aliphatic rings. The minimum absolute atomic E-state index is 0.292. The van der Waals surface area contributed by atoms with E-state index < -0.39 is 5.97 Å². The molecule has 110 valence electrons. The van der Waals surface area contributed by atoms with Crippen LogP contribution >= 0.6 is 0 Å². The molecule has 20 heavy (non-hydrogen) atoms. The summed E-state index contributed by atoms with van der Waals surface area (Å²) in [6.45, 7) is 0. The molecule has 0 saturated heterocycles. The van der Waals surface area contributed by atoms with E-state index in [0.29, 0.717) is 18.3 Å². The maximum Gasteiger partial charge on any atom is 0.303 e. The average Bonchev–Trinajstić information content (AvgIpc) is 2.63. The van der Waals surface area contributed by atoms with Crippen molar-refractivity contribution < 1.29 is 9.90 Å². The molecule has 1 aliphatic carbocycles. The zero-order chi connectivity index (χ0) is 14.5. The third kappa shape index (κ3) is 3.75. The predicted octanol–water partition coefficient (Wildman–Crippen LogP) is 3.89. The maximum atomic E-state index is 11.1. The lowest BCUT2D eigenvalue weighted by molar-refractivity contribution is -0.138. The van der Waals surface area contributed by atoms with E-state index in [-0.39, 0.29) is 0 Å². The summed E-state index contributed by atoms with van der Waals surface area (Å²) in [4.78, 5) is 13.2. The summed E-state index contributed by atoms with van der Waals surface area (Å²) in [7, 11) is 4.07. The van der Waals surface area contributed by atoms with Crippen LogP contribution in [0.25, 0.3) is 0 Å². The molecule has 2 rings (SSSR count). The van der Waals surface area contributed by atoms with E-state index in [9.17, 15) is 4.79 Å². The predicted molar refractivity (Wildman–Crippen MR) is 82.3 cm³/mol. The molecule has 2 unspecified atom stereocenters. The lowest BCUT2D eigenvalue weighted by atomic mass is 9.80. The fourth-order valence-electron chi connectivity index (χ4n) is 3.31. The van der Waals surface area contributed by atoms with Gasteiger partial charge in [0.15, 0.2) is 0 Å². The first kappa shape index (κ1) is 14.9. The second kappa shape index (κ2) is 6.78. The number of carbonyl (C=O) groups is 1. The van der Waals surface area contributed by atoms with Gasteiger partial charge in [0, 0.05) is 26.2 Å². The second-order valence-corrected chi connectivity index (χ2v) is 6.09. The number of anilines is 1. The van der Waals surface area contributed by atoms with Crippen molar-refractivity contribution >= 4 is 11.7 Å². The van der Waals surface area contributed by atoms with Crippen molar-refractivity contribution in [3.05, 3.63) is 29.8 Å². The molecule has 0 bridgehead atoms. The summed E-state index contributed by atoms with van der Waals surface area (Å²) in [6, 6.07) is 8.64. The van der Waals surface area contributed by atoms with Crippen molar-refractivity contribution in [2.75, 3.05) is 19.0 Å². The molecule has 1 N–H and O–H groups in total. The van der Waals surface area contributed by atoms with Gasteiger partial charge in [-0.1, -0.05) is 31.4 Å². The van der Waals surface area contributed by atoms with Gasteiger partial charge in [0.2, 0.25) is 0 Å². The normalized spacial score (nSPS) is 23.1. The molecule has 0 aromatic heterocycles. The Morgan fingerprint density at radius 1 is 1.15 bits per heavy atom. The van der Waals surface area contributed by atoms with Crippen LogP contribution in [0.2, 0.25) is 0 Å². The number of carboxylic acid groups (broad SMARTS) is 1. The van der Waals surface area contributed by atoms with E-state index in [1.165, 1.54) is 30.5 Å².